The number of hydrogen-bond acceptors (Lipinski definition) is 4. The Bertz CT molecular complexity index is 268. The molecule has 1 amide bonds. The fourth-order valence-corrected chi connectivity index (χ4v) is 1.96. The monoisotopic (exact) mass is 228 g/mol. The number of likely N-dealkylation sites (tertiary alicyclic amines) is 1. The van der Waals surface area contributed by atoms with Gasteiger partial charge in [0.15, 0.2) is 0 Å². The Morgan fingerprint density at radius 3 is 2.75 bits per heavy atom. The summed E-state index contributed by atoms with van der Waals surface area (Å²) >= 11 is 0. The van der Waals surface area contributed by atoms with E-state index in [1.165, 1.54) is 7.11 Å². The van der Waals surface area contributed by atoms with Crippen LogP contribution in [0.4, 0.5) is 0 Å². The van der Waals surface area contributed by atoms with Crippen molar-refractivity contribution in [3.63, 3.8) is 0 Å². The molecular formula is C11H20N2O3. The van der Waals surface area contributed by atoms with Gasteiger partial charge in [0.05, 0.1) is 13.2 Å². The highest BCUT2D eigenvalue weighted by Gasteiger charge is 2.34. The van der Waals surface area contributed by atoms with Gasteiger partial charge < -0.3 is 15.4 Å². The lowest BCUT2D eigenvalue weighted by Gasteiger charge is -2.35. The maximum Gasteiger partial charge on any atom is 0.328 e. The molecule has 1 aliphatic rings. The molecule has 0 aromatic heterocycles. The van der Waals surface area contributed by atoms with Gasteiger partial charge in [-0.1, -0.05) is 6.92 Å². The number of ether oxygens (including phenoxy) is 1. The molecule has 2 atom stereocenters. The number of rotatable bonds is 3. The Hall–Kier alpha value is -1.10. The van der Waals surface area contributed by atoms with Gasteiger partial charge in [-0.15, -0.1) is 0 Å². The minimum absolute atomic E-state index is 0.141. The van der Waals surface area contributed by atoms with E-state index < -0.39 is 12.1 Å². The molecule has 1 fully saturated rings. The summed E-state index contributed by atoms with van der Waals surface area (Å²) in [5.41, 5.74) is 5.71. The minimum Gasteiger partial charge on any atom is -0.467 e. The van der Waals surface area contributed by atoms with Crippen LogP contribution in [0.1, 0.15) is 32.6 Å². The molecule has 1 unspecified atom stereocenters. The zero-order chi connectivity index (χ0) is 12.1. The van der Waals surface area contributed by atoms with Crippen molar-refractivity contribution >= 4 is 11.9 Å². The summed E-state index contributed by atoms with van der Waals surface area (Å²) in [6.07, 6.45) is 3.14. The fourth-order valence-electron chi connectivity index (χ4n) is 1.96. The molecule has 2 N–H and O–H groups in total. The second kappa shape index (κ2) is 5.84. The average molecular weight is 228 g/mol. The molecule has 5 heteroatoms. The Balaban J connectivity index is 2.73. The van der Waals surface area contributed by atoms with Crippen molar-refractivity contribution in [2.75, 3.05) is 13.7 Å². The number of hydrogen-bond donors (Lipinski definition) is 1. The summed E-state index contributed by atoms with van der Waals surface area (Å²) < 4.78 is 4.71. The maximum atomic E-state index is 12.0. The largest absolute Gasteiger partial charge is 0.467 e. The molecule has 0 spiro atoms. The normalized spacial score (nSPS) is 22.7. The second-order valence-corrected chi connectivity index (χ2v) is 4.08. The lowest BCUT2D eigenvalue weighted by atomic mass is 10.0. The molecule has 1 aliphatic heterocycles. The van der Waals surface area contributed by atoms with E-state index in [1.54, 1.807) is 4.90 Å². The molecule has 1 saturated heterocycles. The first-order valence-electron chi connectivity index (χ1n) is 5.75. The third kappa shape index (κ3) is 2.72. The van der Waals surface area contributed by atoms with Crippen LogP contribution in [0.5, 0.6) is 0 Å². The highest BCUT2D eigenvalue weighted by atomic mass is 16.5. The summed E-state index contributed by atoms with van der Waals surface area (Å²) in [7, 11) is 1.35. The highest BCUT2D eigenvalue weighted by molar-refractivity contribution is 5.87. The topological polar surface area (TPSA) is 72.6 Å². The predicted octanol–water partition coefficient (Wildman–Crippen LogP) is 0.278. The highest BCUT2D eigenvalue weighted by Crippen LogP contribution is 2.19. The SMILES string of the molecule is CC[C@H](N)C(=O)N1CCCCC1C(=O)OC. The van der Waals surface area contributed by atoms with E-state index in [1.807, 2.05) is 6.92 Å². The van der Waals surface area contributed by atoms with Crippen LogP contribution in [0, 0.1) is 0 Å². The van der Waals surface area contributed by atoms with Crippen LogP contribution < -0.4 is 5.73 Å². The first-order chi connectivity index (χ1) is 7.61. The Kier molecular flexibility index (Phi) is 4.73. The second-order valence-electron chi connectivity index (χ2n) is 4.08. The molecule has 0 aliphatic carbocycles. The van der Waals surface area contributed by atoms with E-state index in [4.69, 9.17) is 10.5 Å². The molecule has 0 saturated carbocycles. The molecule has 0 aromatic rings. The van der Waals surface area contributed by atoms with Gasteiger partial charge in [0, 0.05) is 6.54 Å². The van der Waals surface area contributed by atoms with Crippen molar-refractivity contribution in [2.45, 2.75) is 44.7 Å². The Morgan fingerprint density at radius 1 is 1.50 bits per heavy atom. The van der Waals surface area contributed by atoms with Crippen LogP contribution in [-0.2, 0) is 14.3 Å². The van der Waals surface area contributed by atoms with Gasteiger partial charge in [0.1, 0.15) is 6.04 Å². The van der Waals surface area contributed by atoms with Crippen molar-refractivity contribution < 1.29 is 14.3 Å². The van der Waals surface area contributed by atoms with Crippen LogP contribution in [-0.4, -0.2) is 42.5 Å². The van der Waals surface area contributed by atoms with E-state index in [0.717, 1.165) is 12.8 Å². The van der Waals surface area contributed by atoms with E-state index in [0.29, 0.717) is 19.4 Å². The minimum atomic E-state index is -0.509. The molecule has 0 aromatic carbocycles. The Labute approximate surface area is 95.9 Å². The number of carbonyl (C=O) groups is 2. The third-order valence-electron chi connectivity index (χ3n) is 3.02. The van der Waals surface area contributed by atoms with Crippen LogP contribution >= 0.6 is 0 Å². The van der Waals surface area contributed by atoms with Crippen LogP contribution in [0.3, 0.4) is 0 Å². The van der Waals surface area contributed by atoms with E-state index in [-0.39, 0.29) is 11.9 Å². The summed E-state index contributed by atoms with van der Waals surface area (Å²) in [5, 5.41) is 0. The van der Waals surface area contributed by atoms with Crippen molar-refractivity contribution in [3.8, 4) is 0 Å². The molecule has 1 heterocycles. The number of amides is 1. The summed E-state index contributed by atoms with van der Waals surface area (Å²) in [5.74, 6) is -0.478. The van der Waals surface area contributed by atoms with Crippen molar-refractivity contribution in [3.05, 3.63) is 0 Å². The molecule has 0 radical (unpaired) electrons. The van der Waals surface area contributed by atoms with Gasteiger partial charge in [-0.2, -0.15) is 0 Å². The van der Waals surface area contributed by atoms with Gasteiger partial charge in [-0.3, -0.25) is 4.79 Å². The van der Waals surface area contributed by atoms with Gasteiger partial charge in [0.2, 0.25) is 5.91 Å². The number of piperidine rings is 1. The van der Waals surface area contributed by atoms with Crippen LogP contribution in [0.2, 0.25) is 0 Å². The molecular weight excluding hydrogens is 208 g/mol. The number of esters is 1. The summed E-state index contributed by atoms with van der Waals surface area (Å²) in [6, 6.07) is -0.950. The van der Waals surface area contributed by atoms with Crippen molar-refractivity contribution in [1.29, 1.82) is 0 Å². The lowest BCUT2D eigenvalue weighted by Crippen LogP contribution is -2.53. The van der Waals surface area contributed by atoms with Gasteiger partial charge in [0.25, 0.3) is 0 Å². The van der Waals surface area contributed by atoms with Crippen molar-refractivity contribution in [1.82, 2.24) is 4.90 Å². The van der Waals surface area contributed by atoms with Crippen molar-refractivity contribution in [2.24, 2.45) is 5.73 Å². The number of nitrogens with two attached hydrogens (primary N) is 1. The molecule has 1 rings (SSSR count). The zero-order valence-electron chi connectivity index (χ0n) is 9.94. The van der Waals surface area contributed by atoms with E-state index in [9.17, 15) is 9.59 Å². The summed E-state index contributed by atoms with van der Waals surface area (Å²) in [4.78, 5) is 25.1. The summed E-state index contributed by atoms with van der Waals surface area (Å²) in [6.45, 7) is 2.46. The quantitative estimate of drug-likeness (QED) is 0.704. The molecule has 92 valence electrons. The lowest BCUT2D eigenvalue weighted by molar-refractivity contribution is -0.155. The number of nitrogens with zero attached hydrogens (tertiary/aromatic N) is 1. The zero-order valence-corrected chi connectivity index (χ0v) is 9.94. The maximum absolute atomic E-state index is 12.0. The average Bonchev–Trinajstić information content (AvgIpc) is 2.35. The first-order valence-corrected chi connectivity index (χ1v) is 5.75. The smallest absolute Gasteiger partial charge is 0.328 e. The molecule has 5 nitrogen and oxygen atoms in total. The third-order valence-corrected chi connectivity index (χ3v) is 3.02. The number of methoxy groups -OCH3 is 1. The van der Waals surface area contributed by atoms with E-state index in [2.05, 4.69) is 0 Å². The van der Waals surface area contributed by atoms with Gasteiger partial charge in [-0.05, 0) is 25.7 Å². The van der Waals surface area contributed by atoms with E-state index >= 15 is 0 Å². The predicted molar refractivity (Wildman–Crippen MR) is 59.6 cm³/mol. The van der Waals surface area contributed by atoms with Gasteiger partial charge >= 0.3 is 5.97 Å². The standard InChI is InChI=1S/C11H20N2O3/c1-3-8(12)10(14)13-7-5-4-6-9(13)11(15)16-2/h8-9H,3-7,12H2,1-2H3/t8-,9?/m0/s1. The molecule has 0 bridgehead atoms. The number of carbonyl (C=O) groups excluding carboxylic acids is 2. The van der Waals surface area contributed by atoms with Gasteiger partial charge in [-0.25, -0.2) is 4.79 Å². The van der Waals surface area contributed by atoms with Crippen LogP contribution in [0.25, 0.3) is 0 Å². The fraction of sp³-hybridized carbons (Fsp3) is 0.818. The molecule has 16 heavy (non-hydrogen) atoms. The van der Waals surface area contributed by atoms with Crippen LogP contribution in [0.15, 0.2) is 0 Å². The Morgan fingerprint density at radius 2 is 2.19 bits per heavy atom. The first kappa shape index (κ1) is 13.0.